The van der Waals surface area contributed by atoms with E-state index in [1.54, 1.807) is 6.07 Å². The maximum absolute atomic E-state index is 14.7. The van der Waals surface area contributed by atoms with E-state index in [4.69, 9.17) is 9.47 Å². The van der Waals surface area contributed by atoms with Gasteiger partial charge >= 0.3 is 5.97 Å². The molecule has 3 aromatic rings. The van der Waals surface area contributed by atoms with Crippen molar-refractivity contribution < 1.29 is 37.7 Å². The number of aliphatic hydroxyl groups excluding tert-OH is 1. The first kappa shape index (κ1) is 23.5. The number of carboxylic acid groups (broad SMARTS) is 1. The molecule has 4 atom stereocenters. The highest BCUT2D eigenvalue weighted by Gasteiger charge is 2.42. The number of hydrogen-bond donors (Lipinski definition) is 2. The van der Waals surface area contributed by atoms with Crippen LogP contribution in [0, 0.1) is 23.4 Å². The van der Waals surface area contributed by atoms with Crippen molar-refractivity contribution in [3.05, 3.63) is 118 Å². The molecule has 5 nitrogen and oxygen atoms in total. The lowest BCUT2D eigenvalue weighted by molar-refractivity contribution is -0.183. The van der Waals surface area contributed by atoms with Gasteiger partial charge in [-0.2, -0.15) is 0 Å². The van der Waals surface area contributed by atoms with Crippen molar-refractivity contribution in [3.8, 4) is 0 Å². The summed E-state index contributed by atoms with van der Waals surface area (Å²) in [6.07, 6.45) is -4.44. The van der Waals surface area contributed by atoms with Gasteiger partial charge in [0, 0.05) is 11.1 Å². The van der Waals surface area contributed by atoms with Gasteiger partial charge in [-0.1, -0.05) is 48.5 Å². The van der Waals surface area contributed by atoms with Crippen molar-refractivity contribution in [2.75, 3.05) is 0 Å². The number of ether oxygens (including phenoxy) is 2. The second-order valence-corrected chi connectivity index (χ2v) is 7.84. The lowest BCUT2D eigenvalue weighted by atomic mass is 9.88. The Morgan fingerprint density at radius 1 is 0.853 bits per heavy atom. The van der Waals surface area contributed by atoms with Gasteiger partial charge in [0.2, 0.25) is 6.29 Å². The van der Waals surface area contributed by atoms with Crippen LogP contribution in [-0.4, -0.2) is 16.2 Å². The number of rotatable bonds is 6. The molecule has 0 amide bonds. The second kappa shape index (κ2) is 9.70. The molecule has 1 heterocycles. The SMILES string of the molecule is CC1=C([C@@H](C(=O)O)[C@H](O)c2ccccc2F)O[C@H](c2ccccc2F)O[C@@H]1c1ccccc1F. The Kier molecular flexibility index (Phi) is 6.72. The van der Waals surface area contributed by atoms with E-state index in [0.717, 1.165) is 6.07 Å². The topological polar surface area (TPSA) is 76.0 Å². The Balaban J connectivity index is 1.86. The van der Waals surface area contributed by atoms with Crippen molar-refractivity contribution in [2.24, 2.45) is 5.92 Å². The predicted octanol–water partition coefficient (Wildman–Crippen LogP) is 5.60. The van der Waals surface area contributed by atoms with Crippen LogP contribution in [0.25, 0.3) is 0 Å². The summed E-state index contributed by atoms with van der Waals surface area (Å²) in [6, 6.07) is 16.5. The Bertz CT molecular complexity index is 1240. The molecule has 4 rings (SSSR count). The van der Waals surface area contributed by atoms with Crippen molar-refractivity contribution in [3.63, 3.8) is 0 Å². The zero-order valence-corrected chi connectivity index (χ0v) is 18.0. The van der Waals surface area contributed by atoms with Crippen LogP contribution < -0.4 is 0 Å². The summed E-state index contributed by atoms with van der Waals surface area (Å²) in [5, 5.41) is 20.9. The van der Waals surface area contributed by atoms with Crippen LogP contribution in [0.1, 0.15) is 42.1 Å². The average Bonchev–Trinajstić information content (AvgIpc) is 2.81. The Morgan fingerprint density at radius 2 is 1.38 bits per heavy atom. The highest BCUT2D eigenvalue weighted by atomic mass is 19.1. The minimum Gasteiger partial charge on any atom is -0.481 e. The van der Waals surface area contributed by atoms with E-state index in [0.29, 0.717) is 0 Å². The van der Waals surface area contributed by atoms with Crippen LogP contribution in [-0.2, 0) is 14.3 Å². The molecule has 0 fully saturated rings. The first-order valence-corrected chi connectivity index (χ1v) is 10.5. The van der Waals surface area contributed by atoms with Gasteiger partial charge in [0.05, 0.1) is 5.56 Å². The summed E-state index contributed by atoms with van der Waals surface area (Å²) >= 11 is 0. The maximum atomic E-state index is 14.7. The first-order valence-electron chi connectivity index (χ1n) is 10.5. The maximum Gasteiger partial charge on any atom is 0.317 e. The number of aliphatic carboxylic acids is 1. The monoisotopic (exact) mass is 470 g/mol. The summed E-state index contributed by atoms with van der Waals surface area (Å²) in [5.74, 6) is -5.66. The van der Waals surface area contributed by atoms with Gasteiger partial charge in [-0.3, -0.25) is 4.79 Å². The second-order valence-electron chi connectivity index (χ2n) is 7.84. The molecule has 2 N–H and O–H groups in total. The van der Waals surface area contributed by atoms with Gasteiger partial charge in [0.25, 0.3) is 0 Å². The molecule has 1 aliphatic heterocycles. The van der Waals surface area contributed by atoms with E-state index in [1.807, 2.05) is 0 Å². The van der Waals surface area contributed by atoms with E-state index in [2.05, 4.69) is 0 Å². The fraction of sp³-hybridized carbons (Fsp3) is 0.192. The van der Waals surface area contributed by atoms with Crippen LogP contribution in [0.5, 0.6) is 0 Å². The largest absolute Gasteiger partial charge is 0.481 e. The molecule has 0 bridgehead atoms. The Labute approximate surface area is 193 Å². The molecule has 176 valence electrons. The van der Waals surface area contributed by atoms with E-state index >= 15 is 0 Å². The van der Waals surface area contributed by atoms with E-state index in [9.17, 15) is 28.2 Å². The van der Waals surface area contributed by atoms with Crippen molar-refractivity contribution in [1.29, 1.82) is 0 Å². The standard InChI is InChI=1S/C26H21F3O5/c1-14-23(16-9-3-6-12-19(16)28)33-26(17-10-4-7-13-20(17)29)34-24(14)21(25(31)32)22(30)15-8-2-5-11-18(15)27/h2-13,21-23,26,30H,1H3,(H,31,32)/t21-,22+,23-,26+/m0/s1. The Morgan fingerprint density at radius 3 is 1.94 bits per heavy atom. The quantitative estimate of drug-likeness (QED) is 0.491. The Hall–Kier alpha value is -3.62. The van der Waals surface area contributed by atoms with Gasteiger partial charge in [-0.15, -0.1) is 0 Å². The number of aliphatic hydroxyl groups is 1. The fourth-order valence-corrected chi connectivity index (χ4v) is 3.99. The first-order chi connectivity index (χ1) is 16.3. The molecular weight excluding hydrogens is 449 g/mol. The van der Waals surface area contributed by atoms with Crippen LogP contribution >= 0.6 is 0 Å². The summed E-state index contributed by atoms with van der Waals surface area (Å²) < 4.78 is 55.3. The fourth-order valence-electron chi connectivity index (χ4n) is 3.99. The average molecular weight is 470 g/mol. The van der Waals surface area contributed by atoms with Crippen LogP contribution in [0.4, 0.5) is 13.2 Å². The third kappa shape index (κ3) is 4.42. The predicted molar refractivity (Wildman–Crippen MR) is 116 cm³/mol. The summed E-state index contributed by atoms with van der Waals surface area (Å²) in [5.41, 5.74) is -0.0688. The molecule has 3 aromatic carbocycles. The molecule has 0 spiro atoms. The highest BCUT2D eigenvalue weighted by molar-refractivity contribution is 5.74. The highest BCUT2D eigenvalue weighted by Crippen LogP contribution is 2.46. The van der Waals surface area contributed by atoms with Crippen LogP contribution in [0.15, 0.2) is 84.1 Å². The number of carbonyl (C=O) groups is 1. The zero-order valence-electron chi connectivity index (χ0n) is 18.0. The smallest absolute Gasteiger partial charge is 0.317 e. The molecule has 0 aromatic heterocycles. The van der Waals surface area contributed by atoms with E-state index in [1.165, 1.54) is 67.6 Å². The number of halogens is 3. The summed E-state index contributed by atoms with van der Waals surface area (Å²) in [6.45, 7) is 1.47. The molecule has 34 heavy (non-hydrogen) atoms. The van der Waals surface area contributed by atoms with Gasteiger partial charge in [-0.05, 0) is 36.8 Å². The lowest BCUT2D eigenvalue weighted by Crippen LogP contribution is -2.32. The normalized spacial score (nSPS) is 19.9. The minimum atomic E-state index is -1.84. The van der Waals surface area contributed by atoms with Gasteiger partial charge in [0.1, 0.15) is 41.3 Å². The van der Waals surface area contributed by atoms with Crippen LogP contribution in [0.3, 0.4) is 0 Å². The van der Waals surface area contributed by atoms with Crippen molar-refractivity contribution in [1.82, 2.24) is 0 Å². The van der Waals surface area contributed by atoms with E-state index < -0.39 is 47.8 Å². The van der Waals surface area contributed by atoms with Crippen LogP contribution in [0.2, 0.25) is 0 Å². The van der Waals surface area contributed by atoms with Gasteiger partial charge in [0.15, 0.2) is 0 Å². The third-order valence-electron chi connectivity index (χ3n) is 5.71. The van der Waals surface area contributed by atoms with E-state index in [-0.39, 0.29) is 28.0 Å². The number of benzene rings is 3. The minimum absolute atomic E-state index is 0.0432. The molecule has 0 saturated heterocycles. The number of carboxylic acids is 1. The molecule has 0 unspecified atom stereocenters. The van der Waals surface area contributed by atoms with Gasteiger partial charge < -0.3 is 19.7 Å². The number of hydrogen-bond acceptors (Lipinski definition) is 4. The molecule has 8 heteroatoms. The third-order valence-corrected chi connectivity index (χ3v) is 5.71. The zero-order chi connectivity index (χ0) is 24.4. The van der Waals surface area contributed by atoms with Gasteiger partial charge in [-0.25, -0.2) is 13.2 Å². The van der Waals surface area contributed by atoms with Crippen molar-refractivity contribution in [2.45, 2.75) is 25.4 Å². The molecule has 0 saturated carbocycles. The molecule has 1 aliphatic rings. The molecule has 0 aliphatic carbocycles. The summed E-state index contributed by atoms with van der Waals surface area (Å²) in [4.78, 5) is 12.3. The van der Waals surface area contributed by atoms with Crippen molar-refractivity contribution >= 4 is 5.97 Å². The molecule has 0 radical (unpaired) electrons. The lowest BCUT2D eigenvalue weighted by Gasteiger charge is -2.37. The molecular formula is C26H21F3O5. The summed E-state index contributed by atoms with van der Waals surface area (Å²) in [7, 11) is 0.